The Balaban J connectivity index is 2.23. The Morgan fingerprint density at radius 1 is 1.11 bits per heavy atom. The van der Waals surface area contributed by atoms with Gasteiger partial charge < -0.3 is 5.73 Å². The number of hydrogen-bond donors (Lipinski definition) is 1. The minimum atomic E-state index is -1.49. The van der Waals surface area contributed by atoms with Crippen molar-refractivity contribution in [3.05, 3.63) is 63.6 Å². The summed E-state index contributed by atoms with van der Waals surface area (Å²) >= 11 is 3.27. The number of rotatable bonds is 3. The molecule has 2 rings (SSSR count). The van der Waals surface area contributed by atoms with Gasteiger partial charge in [0.15, 0.2) is 17.5 Å². The summed E-state index contributed by atoms with van der Waals surface area (Å²) < 4.78 is 39.9. The third-order valence-corrected chi connectivity index (χ3v) is 3.09. The lowest BCUT2D eigenvalue weighted by Crippen LogP contribution is -2.14. The monoisotopic (exact) mass is 330 g/mol. The maximum Gasteiger partial charge on any atom is 0.194 e. The zero-order valence-electron chi connectivity index (χ0n) is 9.71. The minimum Gasteiger partial charge on any atom is -0.324 e. The number of halogens is 4. The molecule has 0 bridgehead atoms. The fourth-order valence-electron chi connectivity index (χ4n) is 1.73. The predicted octanol–water partition coefficient (Wildman–Crippen LogP) is 3.50. The average Bonchev–Trinajstić information content (AvgIpc) is 2.35. The van der Waals surface area contributed by atoms with E-state index in [0.717, 1.165) is 22.2 Å². The molecule has 2 nitrogen and oxygen atoms in total. The Kier molecular flexibility index (Phi) is 4.21. The van der Waals surface area contributed by atoms with Crippen LogP contribution in [0, 0.1) is 17.5 Å². The molecule has 1 heterocycles. The zero-order chi connectivity index (χ0) is 14.0. The molecule has 1 aromatic carbocycles. The van der Waals surface area contributed by atoms with Crippen LogP contribution < -0.4 is 5.73 Å². The lowest BCUT2D eigenvalue weighted by atomic mass is 10.0. The predicted molar refractivity (Wildman–Crippen MR) is 68.9 cm³/mol. The van der Waals surface area contributed by atoms with Gasteiger partial charge >= 0.3 is 0 Å². The number of benzene rings is 1. The Bertz CT molecular complexity index is 581. The van der Waals surface area contributed by atoms with Gasteiger partial charge in [0, 0.05) is 22.9 Å². The number of pyridine rings is 1. The van der Waals surface area contributed by atoms with Crippen LogP contribution in [-0.2, 0) is 6.42 Å². The first-order valence-electron chi connectivity index (χ1n) is 5.47. The minimum absolute atomic E-state index is 0.205. The van der Waals surface area contributed by atoms with Crippen molar-refractivity contribution >= 4 is 15.9 Å². The van der Waals surface area contributed by atoms with Crippen LogP contribution in [0.1, 0.15) is 17.2 Å². The first-order chi connectivity index (χ1) is 8.97. The summed E-state index contributed by atoms with van der Waals surface area (Å²) in [5, 5.41) is 0. The normalized spacial score (nSPS) is 12.5. The molecule has 0 saturated heterocycles. The maximum atomic E-state index is 13.1. The number of hydrogen-bond acceptors (Lipinski definition) is 2. The fourth-order valence-corrected chi connectivity index (χ4v) is 2.14. The number of aromatic nitrogens is 1. The van der Waals surface area contributed by atoms with Crippen molar-refractivity contribution in [2.45, 2.75) is 12.5 Å². The molecule has 6 heteroatoms. The topological polar surface area (TPSA) is 38.9 Å². The molecule has 0 aliphatic carbocycles. The summed E-state index contributed by atoms with van der Waals surface area (Å²) in [5.74, 6) is -3.96. The van der Waals surface area contributed by atoms with Gasteiger partial charge in [0.1, 0.15) is 0 Å². The van der Waals surface area contributed by atoms with E-state index in [4.69, 9.17) is 5.73 Å². The molecule has 2 N–H and O–H groups in total. The van der Waals surface area contributed by atoms with Crippen molar-refractivity contribution in [1.29, 1.82) is 0 Å². The third kappa shape index (κ3) is 3.33. The highest BCUT2D eigenvalue weighted by molar-refractivity contribution is 9.10. The second-order valence-electron chi connectivity index (χ2n) is 4.12. The quantitative estimate of drug-likeness (QED) is 0.875. The van der Waals surface area contributed by atoms with E-state index >= 15 is 0 Å². The molecule has 0 radical (unpaired) electrons. The van der Waals surface area contributed by atoms with Crippen molar-refractivity contribution in [2.24, 2.45) is 5.73 Å². The summed E-state index contributed by atoms with van der Waals surface area (Å²) in [6.45, 7) is 0. The van der Waals surface area contributed by atoms with E-state index in [-0.39, 0.29) is 5.56 Å². The summed E-state index contributed by atoms with van der Waals surface area (Å²) in [4.78, 5) is 3.97. The molecule has 0 fully saturated rings. The van der Waals surface area contributed by atoms with Crippen molar-refractivity contribution in [3.63, 3.8) is 0 Å². The standard InChI is InChI=1S/C13H10BrF3N2/c14-9-1-7(5-19-6-9)2-12(18)8-3-10(15)13(17)11(16)4-8/h1,3-6,12H,2,18H2. The van der Waals surface area contributed by atoms with E-state index in [9.17, 15) is 13.2 Å². The van der Waals surface area contributed by atoms with Crippen molar-refractivity contribution in [3.8, 4) is 0 Å². The second-order valence-corrected chi connectivity index (χ2v) is 5.04. The fraction of sp³-hybridized carbons (Fsp3) is 0.154. The molecule has 19 heavy (non-hydrogen) atoms. The highest BCUT2D eigenvalue weighted by atomic mass is 79.9. The van der Waals surface area contributed by atoms with Crippen molar-refractivity contribution in [1.82, 2.24) is 4.98 Å². The van der Waals surface area contributed by atoms with Gasteiger partial charge in [-0.1, -0.05) is 0 Å². The molecule has 0 spiro atoms. The first kappa shape index (κ1) is 14.0. The second kappa shape index (κ2) is 5.71. The maximum absolute atomic E-state index is 13.1. The van der Waals surface area contributed by atoms with Gasteiger partial charge in [-0.25, -0.2) is 13.2 Å². The molecular formula is C13H10BrF3N2. The van der Waals surface area contributed by atoms with Gasteiger partial charge in [0.2, 0.25) is 0 Å². The smallest absolute Gasteiger partial charge is 0.194 e. The van der Waals surface area contributed by atoms with Gasteiger partial charge in [0.25, 0.3) is 0 Å². The molecular weight excluding hydrogens is 321 g/mol. The number of nitrogens with two attached hydrogens (primary N) is 1. The van der Waals surface area contributed by atoms with Crippen LogP contribution >= 0.6 is 15.9 Å². The van der Waals surface area contributed by atoms with E-state index in [2.05, 4.69) is 20.9 Å². The Labute approximate surface area is 116 Å². The Morgan fingerprint density at radius 3 is 2.32 bits per heavy atom. The van der Waals surface area contributed by atoms with Crippen LogP contribution in [0.4, 0.5) is 13.2 Å². The van der Waals surface area contributed by atoms with Crippen molar-refractivity contribution < 1.29 is 13.2 Å². The van der Waals surface area contributed by atoms with Gasteiger partial charge in [0.05, 0.1) is 0 Å². The van der Waals surface area contributed by atoms with Crippen LogP contribution in [0.25, 0.3) is 0 Å². The third-order valence-electron chi connectivity index (χ3n) is 2.65. The molecule has 100 valence electrons. The lowest BCUT2D eigenvalue weighted by Gasteiger charge is -2.13. The zero-order valence-corrected chi connectivity index (χ0v) is 11.3. The molecule has 2 aromatic rings. The first-order valence-corrected chi connectivity index (χ1v) is 6.26. The number of nitrogens with zero attached hydrogens (tertiary/aromatic N) is 1. The highest BCUT2D eigenvalue weighted by Gasteiger charge is 2.15. The van der Waals surface area contributed by atoms with Crippen LogP contribution in [-0.4, -0.2) is 4.98 Å². The van der Waals surface area contributed by atoms with E-state index in [0.29, 0.717) is 6.42 Å². The Morgan fingerprint density at radius 2 is 1.74 bits per heavy atom. The lowest BCUT2D eigenvalue weighted by molar-refractivity contribution is 0.443. The van der Waals surface area contributed by atoms with Gasteiger partial charge in [-0.2, -0.15) is 0 Å². The van der Waals surface area contributed by atoms with Crippen LogP contribution in [0.3, 0.4) is 0 Å². The molecule has 0 aliphatic heterocycles. The molecule has 0 saturated carbocycles. The average molecular weight is 331 g/mol. The highest BCUT2D eigenvalue weighted by Crippen LogP contribution is 2.21. The van der Waals surface area contributed by atoms with Crippen molar-refractivity contribution in [2.75, 3.05) is 0 Å². The summed E-state index contributed by atoms with van der Waals surface area (Å²) in [6, 6.07) is 2.99. The summed E-state index contributed by atoms with van der Waals surface area (Å²) in [5.41, 5.74) is 6.88. The summed E-state index contributed by atoms with van der Waals surface area (Å²) in [7, 11) is 0. The van der Waals surface area contributed by atoms with Gasteiger partial charge in [-0.3, -0.25) is 4.98 Å². The van der Waals surface area contributed by atoms with E-state index in [1.807, 2.05) is 6.07 Å². The molecule has 1 atom stereocenters. The molecule has 1 unspecified atom stereocenters. The Hall–Kier alpha value is -1.40. The summed E-state index contributed by atoms with van der Waals surface area (Å²) in [6.07, 6.45) is 3.57. The molecule has 0 amide bonds. The SMILES string of the molecule is NC(Cc1cncc(Br)c1)c1cc(F)c(F)c(F)c1. The largest absolute Gasteiger partial charge is 0.324 e. The van der Waals surface area contributed by atoms with Crippen LogP contribution in [0.15, 0.2) is 35.1 Å². The van der Waals surface area contributed by atoms with Gasteiger partial charge in [-0.15, -0.1) is 0 Å². The van der Waals surface area contributed by atoms with Crippen LogP contribution in [0.5, 0.6) is 0 Å². The molecule has 0 aliphatic rings. The van der Waals surface area contributed by atoms with E-state index in [1.165, 1.54) is 0 Å². The molecule has 1 aromatic heterocycles. The van der Waals surface area contributed by atoms with Crippen LogP contribution in [0.2, 0.25) is 0 Å². The van der Waals surface area contributed by atoms with E-state index in [1.54, 1.807) is 12.4 Å². The van der Waals surface area contributed by atoms with E-state index < -0.39 is 23.5 Å². The van der Waals surface area contributed by atoms with Gasteiger partial charge in [-0.05, 0) is 51.7 Å².